The highest BCUT2D eigenvalue weighted by molar-refractivity contribution is 5.25. The quantitative estimate of drug-likeness (QED) is 0.604. The Morgan fingerprint density at radius 2 is 1.54 bits per heavy atom. The van der Waals surface area contributed by atoms with E-state index in [1.54, 1.807) is 0 Å². The molecule has 0 saturated carbocycles. The first-order chi connectivity index (χ1) is 12.7. The van der Waals surface area contributed by atoms with Gasteiger partial charge in [0, 0.05) is 13.1 Å². The number of hydrogen-bond acceptors (Lipinski definition) is 5. The highest BCUT2D eigenvalue weighted by Crippen LogP contribution is 2.18. The third kappa shape index (κ3) is 7.14. The van der Waals surface area contributed by atoms with Crippen LogP contribution in [0.3, 0.4) is 0 Å². The molecule has 0 saturated heterocycles. The Kier molecular flexibility index (Phi) is 9.14. The average molecular weight is 358 g/mol. The number of ether oxygens (including phenoxy) is 1. The maximum atomic E-state index is 12.4. The van der Waals surface area contributed by atoms with E-state index < -0.39 is 6.10 Å². The second-order valence-corrected chi connectivity index (χ2v) is 6.26. The Balaban J connectivity index is 1.76. The Hall–Kier alpha value is -1.92. The van der Waals surface area contributed by atoms with Crippen molar-refractivity contribution in [3.63, 3.8) is 0 Å². The molecule has 1 unspecified atom stereocenters. The molecular weight excluding hydrogens is 330 g/mol. The molecule has 0 heterocycles. The predicted molar refractivity (Wildman–Crippen MR) is 99.8 cm³/mol. The standard InChI is InChI=1S/C21H28NO4/c23-15-13-22(14-16-24)12-4-7-21(25)19-10-8-18(9-11-19)17-26-20-5-2-1-3-6-20/h1-3,5-6,8-11,21,23-24H,4,7,12-17H2/q-1. The van der Waals surface area contributed by atoms with E-state index in [9.17, 15) is 5.11 Å². The summed E-state index contributed by atoms with van der Waals surface area (Å²) in [6, 6.07) is 17.3. The van der Waals surface area contributed by atoms with Crippen LogP contribution in [0.1, 0.15) is 30.1 Å². The van der Waals surface area contributed by atoms with Gasteiger partial charge >= 0.3 is 0 Å². The molecule has 142 valence electrons. The third-order valence-corrected chi connectivity index (χ3v) is 4.27. The van der Waals surface area contributed by atoms with Crippen LogP contribution in [-0.4, -0.2) is 48.0 Å². The molecular formula is C21H28NO4-. The zero-order chi connectivity index (χ0) is 18.6. The van der Waals surface area contributed by atoms with Crippen LogP contribution in [0.25, 0.3) is 0 Å². The first-order valence-corrected chi connectivity index (χ1v) is 9.09. The molecule has 0 bridgehead atoms. The van der Waals surface area contributed by atoms with Crippen LogP contribution in [0.2, 0.25) is 0 Å². The highest BCUT2D eigenvalue weighted by atomic mass is 16.5. The summed E-state index contributed by atoms with van der Waals surface area (Å²) >= 11 is 0. The largest absolute Gasteiger partial charge is 0.849 e. The summed E-state index contributed by atoms with van der Waals surface area (Å²) in [6.07, 6.45) is 0.518. The fourth-order valence-electron chi connectivity index (χ4n) is 2.80. The third-order valence-electron chi connectivity index (χ3n) is 4.27. The lowest BCUT2D eigenvalue weighted by molar-refractivity contribution is -0.428. The Labute approximate surface area is 155 Å². The van der Waals surface area contributed by atoms with Crippen molar-refractivity contribution in [3.05, 3.63) is 65.7 Å². The van der Waals surface area contributed by atoms with Crippen LogP contribution in [0.4, 0.5) is 0 Å². The number of nitrogens with zero attached hydrogens (tertiary/aromatic N) is 1. The zero-order valence-electron chi connectivity index (χ0n) is 15.1. The lowest BCUT2D eigenvalue weighted by atomic mass is 10.0. The van der Waals surface area contributed by atoms with Gasteiger partial charge < -0.3 is 20.1 Å². The fraction of sp³-hybridized carbons (Fsp3) is 0.429. The van der Waals surface area contributed by atoms with E-state index in [0.29, 0.717) is 32.7 Å². The van der Waals surface area contributed by atoms with E-state index in [2.05, 4.69) is 0 Å². The predicted octanol–water partition coefficient (Wildman–Crippen LogP) is 1.73. The van der Waals surface area contributed by atoms with Crippen LogP contribution in [0.5, 0.6) is 5.75 Å². The topological polar surface area (TPSA) is 76.0 Å². The summed E-state index contributed by atoms with van der Waals surface area (Å²) in [5, 5.41) is 30.4. The molecule has 0 amide bonds. The molecule has 5 heteroatoms. The van der Waals surface area contributed by atoms with E-state index in [-0.39, 0.29) is 13.2 Å². The van der Waals surface area contributed by atoms with E-state index >= 15 is 0 Å². The van der Waals surface area contributed by atoms with E-state index in [1.165, 1.54) is 0 Å². The molecule has 5 nitrogen and oxygen atoms in total. The minimum Gasteiger partial charge on any atom is -0.849 e. The average Bonchev–Trinajstić information content (AvgIpc) is 2.68. The molecule has 2 N–H and O–H groups in total. The zero-order valence-corrected chi connectivity index (χ0v) is 15.1. The number of rotatable bonds is 12. The second-order valence-electron chi connectivity index (χ2n) is 6.26. The van der Waals surface area contributed by atoms with Gasteiger partial charge in [0.2, 0.25) is 0 Å². The number of aliphatic hydroxyl groups is 2. The number of hydrogen-bond donors (Lipinski definition) is 2. The fourth-order valence-corrected chi connectivity index (χ4v) is 2.80. The van der Waals surface area contributed by atoms with Crippen LogP contribution in [0.15, 0.2) is 54.6 Å². The van der Waals surface area contributed by atoms with Crippen molar-refractivity contribution in [2.75, 3.05) is 32.8 Å². The van der Waals surface area contributed by atoms with Crippen molar-refractivity contribution < 1.29 is 20.1 Å². The highest BCUT2D eigenvalue weighted by Gasteiger charge is 2.05. The summed E-state index contributed by atoms with van der Waals surface area (Å²) in [5.74, 6) is 0.827. The van der Waals surface area contributed by atoms with Crippen molar-refractivity contribution in [3.8, 4) is 5.75 Å². The number of aliphatic hydroxyl groups excluding tert-OH is 2. The van der Waals surface area contributed by atoms with Gasteiger partial charge in [-0.05, 0) is 30.7 Å². The van der Waals surface area contributed by atoms with Gasteiger partial charge in [0.25, 0.3) is 0 Å². The maximum Gasteiger partial charge on any atom is 0.119 e. The molecule has 0 aliphatic rings. The molecule has 0 aliphatic heterocycles. The van der Waals surface area contributed by atoms with Crippen molar-refractivity contribution in [1.82, 2.24) is 4.90 Å². The van der Waals surface area contributed by atoms with Crippen LogP contribution in [-0.2, 0) is 6.61 Å². The minimum absolute atomic E-state index is 0.0628. The van der Waals surface area contributed by atoms with Crippen molar-refractivity contribution in [1.29, 1.82) is 0 Å². The van der Waals surface area contributed by atoms with E-state index in [4.69, 9.17) is 14.9 Å². The van der Waals surface area contributed by atoms with Crippen molar-refractivity contribution in [2.45, 2.75) is 25.6 Å². The summed E-state index contributed by atoms with van der Waals surface area (Å²) in [7, 11) is 0. The Morgan fingerprint density at radius 1 is 0.885 bits per heavy atom. The summed E-state index contributed by atoms with van der Waals surface area (Å²) in [6.45, 7) is 2.37. The van der Waals surface area contributed by atoms with Crippen LogP contribution in [0, 0.1) is 0 Å². The first-order valence-electron chi connectivity index (χ1n) is 9.09. The lowest BCUT2D eigenvalue weighted by Gasteiger charge is -2.25. The van der Waals surface area contributed by atoms with Gasteiger partial charge in [0.1, 0.15) is 12.4 Å². The minimum atomic E-state index is -0.760. The van der Waals surface area contributed by atoms with Gasteiger partial charge in [0.05, 0.1) is 13.2 Å². The monoisotopic (exact) mass is 358 g/mol. The number of para-hydroxylation sites is 1. The molecule has 2 rings (SSSR count). The van der Waals surface area contributed by atoms with Crippen molar-refractivity contribution in [2.24, 2.45) is 0 Å². The Morgan fingerprint density at radius 3 is 2.15 bits per heavy atom. The summed E-state index contributed by atoms with van der Waals surface area (Å²) in [5.41, 5.74) is 1.81. The molecule has 0 radical (unpaired) electrons. The summed E-state index contributed by atoms with van der Waals surface area (Å²) < 4.78 is 5.71. The van der Waals surface area contributed by atoms with Gasteiger partial charge in [-0.1, -0.05) is 54.4 Å². The van der Waals surface area contributed by atoms with Crippen LogP contribution >= 0.6 is 0 Å². The second kappa shape index (κ2) is 11.6. The molecule has 1 atom stereocenters. The van der Waals surface area contributed by atoms with Gasteiger partial charge in [-0.25, -0.2) is 0 Å². The molecule has 0 aliphatic carbocycles. The number of benzene rings is 2. The SMILES string of the molecule is [O-]C(CCCN(CCO)CCO)c1ccc(COc2ccccc2)cc1. The van der Waals surface area contributed by atoms with E-state index in [0.717, 1.165) is 23.3 Å². The van der Waals surface area contributed by atoms with Gasteiger partial charge in [-0.15, -0.1) is 6.10 Å². The molecule has 0 spiro atoms. The summed E-state index contributed by atoms with van der Waals surface area (Å²) in [4.78, 5) is 1.97. The molecule has 26 heavy (non-hydrogen) atoms. The molecule has 0 aromatic heterocycles. The van der Waals surface area contributed by atoms with Gasteiger partial charge in [-0.3, -0.25) is 4.90 Å². The maximum absolute atomic E-state index is 12.4. The first kappa shape index (κ1) is 20.4. The van der Waals surface area contributed by atoms with Gasteiger partial charge in [0.15, 0.2) is 0 Å². The lowest BCUT2D eigenvalue weighted by Crippen LogP contribution is -2.31. The van der Waals surface area contributed by atoms with Gasteiger partial charge in [-0.2, -0.15) is 0 Å². The van der Waals surface area contributed by atoms with Crippen molar-refractivity contribution >= 4 is 0 Å². The molecule has 0 fully saturated rings. The smallest absolute Gasteiger partial charge is 0.119 e. The Bertz CT molecular complexity index is 597. The van der Waals surface area contributed by atoms with Crippen LogP contribution < -0.4 is 9.84 Å². The molecule has 2 aromatic carbocycles. The normalized spacial score (nSPS) is 12.3. The molecule has 2 aromatic rings. The van der Waals surface area contributed by atoms with E-state index in [1.807, 2.05) is 59.5 Å².